The van der Waals surface area contributed by atoms with Gasteiger partial charge in [0.1, 0.15) is 5.69 Å². The fourth-order valence-corrected chi connectivity index (χ4v) is 2.66. The molecule has 19 heavy (non-hydrogen) atoms. The smallest absolute Gasteiger partial charge is 0.292 e. The van der Waals surface area contributed by atoms with E-state index in [-0.39, 0.29) is 10.6 Å². The number of nitro groups is 1. The molecule has 2 aromatic rings. The minimum atomic E-state index is -0.348. The number of anilines is 1. The van der Waals surface area contributed by atoms with Crippen molar-refractivity contribution >= 4 is 38.6 Å². The standard InChI is InChI=1S/C12H12BrN3O2S/c1-15(6-10-7-19-8-14-10)11-3-2-9(5-13)4-12(11)16(17)18/h2-4,7-8H,5-6H2,1H3. The molecule has 0 atom stereocenters. The Morgan fingerprint density at radius 2 is 2.32 bits per heavy atom. The number of rotatable bonds is 5. The van der Waals surface area contributed by atoms with E-state index in [0.29, 0.717) is 17.6 Å². The lowest BCUT2D eigenvalue weighted by atomic mass is 10.2. The van der Waals surface area contributed by atoms with E-state index in [1.54, 1.807) is 17.6 Å². The van der Waals surface area contributed by atoms with Crippen molar-refractivity contribution < 1.29 is 4.92 Å². The summed E-state index contributed by atoms with van der Waals surface area (Å²) in [5.74, 6) is 0. The number of nitrogens with zero attached hydrogens (tertiary/aromatic N) is 3. The molecule has 0 aliphatic carbocycles. The maximum atomic E-state index is 11.1. The largest absolute Gasteiger partial charge is 0.363 e. The van der Waals surface area contributed by atoms with Gasteiger partial charge < -0.3 is 4.90 Å². The topological polar surface area (TPSA) is 59.3 Å². The number of halogens is 1. The average molecular weight is 342 g/mol. The molecule has 0 aliphatic rings. The highest BCUT2D eigenvalue weighted by atomic mass is 79.9. The molecule has 0 spiro atoms. The second-order valence-corrected chi connectivity index (χ2v) is 5.33. The zero-order chi connectivity index (χ0) is 13.8. The molecule has 1 aromatic heterocycles. The monoisotopic (exact) mass is 341 g/mol. The Balaban J connectivity index is 2.30. The SMILES string of the molecule is CN(Cc1cscn1)c1ccc(CBr)cc1[N+](=O)[O-]. The van der Waals surface area contributed by atoms with Crippen molar-refractivity contribution in [2.24, 2.45) is 0 Å². The van der Waals surface area contributed by atoms with Crippen molar-refractivity contribution in [3.8, 4) is 0 Å². The second kappa shape index (κ2) is 6.12. The molecule has 2 rings (SSSR count). The Morgan fingerprint density at radius 1 is 1.53 bits per heavy atom. The third-order valence-electron chi connectivity index (χ3n) is 2.68. The Bertz CT molecular complexity index is 574. The molecular weight excluding hydrogens is 330 g/mol. The average Bonchev–Trinajstić information content (AvgIpc) is 2.90. The van der Waals surface area contributed by atoms with Crippen molar-refractivity contribution in [1.82, 2.24) is 4.98 Å². The highest BCUT2D eigenvalue weighted by Gasteiger charge is 2.18. The highest BCUT2D eigenvalue weighted by molar-refractivity contribution is 9.08. The van der Waals surface area contributed by atoms with E-state index in [0.717, 1.165) is 11.3 Å². The van der Waals surface area contributed by atoms with Crippen molar-refractivity contribution in [2.75, 3.05) is 11.9 Å². The van der Waals surface area contributed by atoms with Gasteiger partial charge in [0.15, 0.2) is 0 Å². The second-order valence-electron chi connectivity index (χ2n) is 4.05. The summed E-state index contributed by atoms with van der Waals surface area (Å²) in [6.07, 6.45) is 0. The first-order chi connectivity index (χ1) is 9.11. The highest BCUT2D eigenvalue weighted by Crippen LogP contribution is 2.30. The Hall–Kier alpha value is -1.47. The molecule has 1 aromatic carbocycles. The van der Waals surface area contributed by atoms with Gasteiger partial charge in [0.05, 0.1) is 22.7 Å². The van der Waals surface area contributed by atoms with Gasteiger partial charge in [0, 0.05) is 23.8 Å². The maximum absolute atomic E-state index is 11.1. The van der Waals surface area contributed by atoms with Crippen molar-refractivity contribution in [1.29, 1.82) is 0 Å². The first-order valence-electron chi connectivity index (χ1n) is 5.53. The minimum Gasteiger partial charge on any atom is -0.363 e. The van der Waals surface area contributed by atoms with Gasteiger partial charge in [-0.25, -0.2) is 4.98 Å². The number of alkyl halides is 1. The number of hydrogen-bond donors (Lipinski definition) is 0. The van der Waals surface area contributed by atoms with E-state index in [2.05, 4.69) is 20.9 Å². The molecule has 5 nitrogen and oxygen atoms in total. The quantitative estimate of drug-likeness (QED) is 0.473. The van der Waals surface area contributed by atoms with Crippen LogP contribution < -0.4 is 4.90 Å². The van der Waals surface area contributed by atoms with Crippen LogP contribution in [0.15, 0.2) is 29.1 Å². The van der Waals surface area contributed by atoms with Crippen LogP contribution in [0, 0.1) is 10.1 Å². The summed E-state index contributed by atoms with van der Waals surface area (Å²) in [4.78, 5) is 16.8. The fourth-order valence-electron chi connectivity index (χ4n) is 1.76. The molecule has 0 amide bonds. The summed E-state index contributed by atoms with van der Waals surface area (Å²) in [5.41, 5.74) is 4.27. The van der Waals surface area contributed by atoms with E-state index in [4.69, 9.17) is 0 Å². The fraction of sp³-hybridized carbons (Fsp3) is 0.250. The molecule has 0 aliphatic heterocycles. The lowest BCUT2D eigenvalue weighted by Crippen LogP contribution is -2.18. The normalized spacial score (nSPS) is 10.4. The molecule has 100 valence electrons. The predicted octanol–water partition coefficient (Wildman–Crippen LogP) is 3.58. The van der Waals surface area contributed by atoms with Gasteiger partial charge in [0.2, 0.25) is 0 Å². The maximum Gasteiger partial charge on any atom is 0.292 e. The summed E-state index contributed by atoms with van der Waals surface area (Å²) in [7, 11) is 1.83. The van der Waals surface area contributed by atoms with E-state index in [9.17, 15) is 10.1 Å². The van der Waals surface area contributed by atoms with Gasteiger partial charge in [-0.2, -0.15) is 0 Å². The molecule has 7 heteroatoms. The third-order valence-corrected chi connectivity index (χ3v) is 3.97. The van der Waals surface area contributed by atoms with Crippen LogP contribution >= 0.6 is 27.3 Å². The van der Waals surface area contributed by atoms with Crippen LogP contribution in [-0.2, 0) is 11.9 Å². The van der Waals surface area contributed by atoms with E-state index < -0.39 is 0 Å². The van der Waals surface area contributed by atoms with Gasteiger partial charge >= 0.3 is 0 Å². The number of thiazole rings is 1. The zero-order valence-corrected chi connectivity index (χ0v) is 12.6. The summed E-state index contributed by atoms with van der Waals surface area (Å²) in [6, 6.07) is 5.26. The van der Waals surface area contributed by atoms with Crippen molar-refractivity contribution in [2.45, 2.75) is 11.9 Å². The Labute approximate surface area is 123 Å². The van der Waals surface area contributed by atoms with Crippen molar-refractivity contribution in [3.05, 3.63) is 50.5 Å². The molecule has 0 unspecified atom stereocenters. The van der Waals surface area contributed by atoms with E-state index in [1.807, 2.05) is 23.4 Å². The van der Waals surface area contributed by atoms with Crippen LogP contribution in [0.25, 0.3) is 0 Å². The van der Waals surface area contributed by atoms with E-state index >= 15 is 0 Å². The van der Waals surface area contributed by atoms with Gasteiger partial charge in [-0.3, -0.25) is 10.1 Å². The predicted molar refractivity (Wildman–Crippen MR) is 79.9 cm³/mol. The Morgan fingerprint density at radius 3 is 2.89 bits per heavy atom. The number of nitro benzene ring substituents is 1. The first kappa shape index (κ1) is 14.0. The minimum absolute atomic E-state index is 0.120. The summed E-state index contributed by atoms with van der Waals surface area (Å²) in [5, 5.41) is 13.7. The summed E-state index contributed by atoms with van der Waals surface area (Å²) in [6.45, 7) is 0.554. The van der Waals surface area contributed by atoms with Gasteiger partial charge in [-0.1, -0.05) is 22.0 Å². The Kier molecular flexibility index (Phi) is 4.49. The van der Waals surface area contributed by atoms with E-state index in [1.165, 1.54) is 11.3 Å². The van der Waals surface area contributed by atoms with Crippen LogP contribution in [0.5, 0.6) is 0 Å². The number of benzene rings is 1. The lowest BCUT2D eigenvalue weighted by Gasteiger charge is -2.18. The van der Waals surface area contributed by atoms with Crippen LogP contribution in [0.4, 0.5) is 11.4 Å². The van der Waals surface area contributed by atoms with Gasteiger partial charge in [-0.15, -0.1) is 11.3 Å². The van der Waals surface area contributed by atoms with Crippen LogP contribution in [0.2, 0.25) is 0 Å². The number of aromatic nitrogens is 1. The summed E-state index contributed by atoms with van der Waals surface area (Å²) < 4.78 is 0. The molecule has 0 saturated heterocycles. The molecule has 0 saturated carbocycles. The molecule has 1 heterocycles. The van der Waals surface area contributed by atoms with Crippen LogP contribution in [-0.4, -0.2) is 17.0 Å². The molecular formula is C12H12BrN3O2S. The lowest BCUT2D eigenvalue weighted by molar-refractivity contribution is -0.384. The van der Waals surface area contributed by atoms with Crippen LogP contribution in [0.1, 0.15) is 11.3 Å². The molecule has 0 bridgehead atoms. The van der Waals surface area contributed by atoms with Gasteiger partial charge in [0.25, 0.3) is 5.69 Å². The van der Waals surface area contributed by atoms with Gasteiger partial charge in [-0.05, 0) is 11.6 Å². The van der Waals surface area contributed by atoms with Crippen molar-refractivity contribution in [3.63, 3.8) is 0 Å². The molecule has 0 N–H and O–H groups in total. The third kappa shape index (κ3) is 3.30. The summed E-state index contributed by atoms with van der Waals surface area (Å²) >= 11 is 4.82. The van der Waals surface area contributed by atoms with Crippen LogP contribution in [0.3, 0.4) is 0 Å². The first-order valence-corrected chi connectivity index (χ1v) is 7.59. The molecule has 0 fully saturated rings. The molecule has 0 radical (unpaired) electrons. The zero-order valence-electron chi connectivity index (χ0n) is 10.2. The number of hydrogen-bond acceptors (Lipinski definition) is 5.